The van der Waals surface area contributed by atoms with E-state index in [9.17, 15) is 14.5 Å². The zero-order valence-electron chi connectivity index (χ0n) is 9.68. The maximum absolute atomic E-state index is 12.9. The Balaban J connectivity index is 2.10. The van der Waals surface area contributed by atoms with Crippen LogP contribution in [-0.2, 0) is 6.61 Å². The second-order valence-electron chi connectivity index (χ2n) is 3.79. The monoisotopic (exact) mass is 325 g/mol. The van der Waals surface area contributed by atoms with Crippen molar-refractivity contribution in [2.45, 2.75) is 6.61 Å². The number of rotatable bonds is 4. The molecule has 0 aliphatic heterocycles. The highest BCUT2D eigenvalue weighted by Crippen LogP contribution is 2.26. The number of non-ortho nitro benzene ring substituents is 1. The molecular formula is C13H9BrFNO3. The Labute approximate surface area is 117 Å². The summed E-state index contributed by atoms with van der Waals surface area (Å²) in [4.78, 5) is 10.2. The summed E-state index contributed by atoms with van der Waals surface area (Å²) in [5.41, 5.74) is 0.685. The second kappa shape index (κ2) is 5.79. The zero-order valence-corrected chi connectivity index (χ0v) is 11.3. The van der Waals surface area contributed by atoms with Crippen molar-refractivity contribution in [2.24, 2.45) is 0 Å². The molecule has 6 heteroatoms. The molecule has 0 aliphatic rings. The Kier molecular flexibility index (Phi) is 4.11. The number of hydrogen-bond acceptors (Lipinski definition) is 3. The van der Waals surface area contributed by atoms with Gasteiger partial charge in [-0.15, -0.1) is 0 Å². The molecule has 0 amide bonds. The first-order chi connectivity index (χ1) is 9.06. The highest BCUT2D eigenvalue weighted by molar-refractivity contribution is 9.10. The van der Waals surface area contributed by atoms with Crippen molar-refractivity contribution in [3.8, 4) is 5.75 Å². The van der Waals surface area contributed by atoms with E-state index in [1.807, 2.05) is 0 Å². The van der Waals surface area contributed by atoms with Gasteiger partial charge >= 0.3 is 0 Å². The zero-order chi connectivity index (χ0) is 13.8. The Morgan fingerprint density at radius 1 is 1.26 bits per heavy atom. The summed E-state index contributed by atoms with van der Waals surface area (Å²) >= 11 is 3.19. The molecule has 98 valence electrons. The van der Waals surface area contributed by atoms with Crippen LogP contribution in [0.5, 0.6) is 5.75 Å². The fourth-order valence-electron chi connectivity index (χ4n) is 1.51. The van der Waals surface area contributed by atoms with Gasteiger partial charge in [-0.1, -0.05) is 12.1 Å². The average Bonchev–Trinajstić information content (AvgIpc) is 2.38. The molecular weight excluding hydrogens is 317 g/mol. The van der Waals surface area contributed by atoms with E-state index >= 15 is 0 Å². The first-order valence-corrected chi connectivity index (χ1v) is 6.17. The first-order valence-electron chi connectivity index (χ1n) is 5.37. The van der Waals surface area contributed by atoms with Crippen molar-refractivity contribution in [1.82, 2.24) is 0 Å². The molecule has 0 N–H and O–H groups in total. The van der Waals surface area contributed by atoms with Gasteiger partial charge in [-0.3, -0.25) is 10.1 Å². The molecule has 0 aromatic heterocycles. The van der Waals surface area contributed by atoms with Crippen LogP contribution < -0.4 is 4.74 Å². The molecule has 2 aromatic rings. The molecule has 0 fully saturated rings. The van der Waals surface area contributed by atoms with Gasteiger partial charge in [0.25, 0.3) is 5.69 Å². The van der Waals surface area contributed by atoms with E-state index in [-0.39, 0.29) is 18.1 Å². The number of nitrogens with zero attached hydrogens (tertiary/aromatic N) is 1. The summed E-state index contributed by atoms with van der Waals surface area (Å²) in [5, 5.41) is 10.6. The van der Waals surface area contributed by atoms with E-state index < -0.39 is 4.92 Å². The predicted octanol–water partition coefficient (Wildman–Crippen LogP) is 4.08. The summed E-state index contributed by atoms with van der Waals surface area (Å²) in [5.74, 6) is 0.113. The first kappa shape index (κ1) is 13.5. The standard InChI is InChI=1S/C13H9BrFNO3/c14-12-7-10(15)4-5-13(12)19-8-9-2-1-3-11(6-9)16(17)18/h1-7H,8H2. The highest BCUT2D eigenvalue weighted by Gasteiger charge is 2.07. The minimum absolute atomic E-state index is 0.0132. The van der Waals surface area contributed by atoms with E-state index in [0.29, 0.717) is 15.8 Å². The molecule has 0 spiro atoms. The highest BCUT2D eigenvalue weighted by atomic mass is 79.9. The number of ether oxygens (including phenoxy) is 1. The quantitative estimate of drug-likeness (QED) is 0.628. The summed E-state index contributed by atoms with van der Waals surface area (Å²) in [6, 6.07) is 10.3. The van der Waals surface area contributed by atoms with Gasteiger partial charge in [-0.05, 0) is 39.7 Å². The number of nitro benzene ring substituents is 1. The van der Waals surface area contributed by atoms with Crippen molar-refractivity contribution in [2.75, 3.05) is 0 Å². The second-order valence-corrected chi connectivity index (χ2v) is 4.64. The van der Waals surface area contributed by atoms with Crippen LogP contribution >= 0.6 is 15.9 Å². The minimum atomic E-state index is -0.461. The molecule has 4 nitrogen and oxygen atoms in total. The molecule has 2 rings (SSSR count). The predicted molar refractivity (Wildman–Crippen MR) is 71.5 cm³/mol. The number of nitro groups is 1. The molecule has 2 aromatic carbocycles. The topological polar surface area (TPSA) is 52.4 Å². The summed E-state index contributed by atoms with van der Waals surface area (Å²) in [6.45, 7) is 0.173. The van der Waals surface area contributed by atoms with Crippen LogP contribution in [0.1, 0.15) is 5.56 Å². The smallest absolute Gasteiger partial charge is 0.269 e. The third kappa shape index (κ3) is 3.51. The minimum Gasteiger partial charge on any atom is -0.488 e. The van der Waals surface area contributed by atoms with E-state index in [1.54, 1.807) is 12.1 Å². The maximum Gasteiger partial charge on any atom is 0.269 e. The molecule has 0 saturated carbocycles. The van der Waals surface area contributed by atoms with Crippen LogP contribution in [-0.4, -0.2) is 4.92 Å². The lowest BCUT2D eigenvalue weighted by Crippen LogP contribution is -1.97. The molecule has 0 bridgehead atoms. The van der Waals surface area contributed by atoms with Crippen LogP contribution in [0.25, 0.3) is 0 Å². The van der Waals surface area contributed by atoms with Gasteiger partial charge in [-0.25, -0.2) is 4.39 Å². The lowest BCUT2D eigenvalue weighted by atomic mass is 10.2. The van der Waals surface area contributed by atoms with Crippen LogP contribution in [0.15, 0.2) is 46.9 Å². The molecule has 0 heterocycles. The third-order valence-electron chi connectivity index (χ3n) is 2.41. The normalized spacial score (nSPS) is 10.2. The van der Waals surface area contributed by atoms with Crippen molar-refractivity contribution in [1.29, 1.82) is 0 Å². The average molecular weight is 326 g/mol. The molecule has 0 aliphatic carbocycles. The maximum atomic E-state index is 12.9. The molecule has 0 unspecified atom stereocenters. The van der Waals surface area contributed by atoms with Crippen LogP contribution in [0.4, 0.5) is 10.1 Å². The SMILES string of the molecule is O=[N+]([O-])c1cccc(COc2ccc(F)cc2Br)c1. The van der Waals surface area contributed by atoms with Gasteiger partial charge < -0.3 is 4.74 Å². The van der Waals surface area contributed by atoms with Crippen LogP contribution in [0.3, 0.4) is 0 Å². The summed E-state index contributed by atoms with van der Waals surface area (Å²) < 4.78 is 18.9. The Morgan fingerprint density at radius 2 is 2.05 bits per heavy atom. The van der Waals surface area contributed by atoms with Crippen LogP contribution in [0, 0.1) is 15.9 Å². The Bertz CT molecular complexity index is 619. The van der Waals surface area contributed by atoms with Crippen molar-refractivity contribution >= 4 is 21.6 Å². The number of hydrogen-bond donors (Lipinski definition) is 0. The molecule has 0 atom stereocenters. The summed E-state index contributed by atoms with van der Waals surface area (Å²) in [6.07, 6.45) is 0. The van der Waals surface area contributed by atoms with Crippen LogP contribution in [0.2, 0.25) is 0 Å². The Hall–Kier alpha value is -1.95. The number of halogens is 2. The Morgan fingerprint density at radius 3 is 2.74 bits per heavy atom. The lowest BCUT2D eigenvalue weighted by molar-refractivity contribution is -0.384. The van der Waals surface area contributed by atoms with Crippen molar-refractivity contribution in [3.63, 3.8) is 0 Å². The fraction of sp³-hybridized carbons (Fsp3) is 0.0769. The third-order valence-corrected chi connectivity index (χ3v) is 3.03. The molecule has 0 radical (unpaired) electrons. The van der Waals surface area contributed by atoms with E-state index in [0.717, 1.165) is 0 Å². The van der Waals surface area contributed by atoms with Gasteiger partial charge in [0.05, 0.1) is 9.40 Å². The van der Waals surface area contributed by atoms with E-state index in [2.05, 4.69) is 15.9 Å². The summed E-state index contributed by atoms with van der Waals surface area (Å²) in [7, 11) is 0. The molecule has 19 heavy (non-hydrogen) atoms. The lowest BCUT2D eigenvalue weighted by Gasteiger charge is -2.08. The van der Waals surface area contributed by atoms with Gasteiger partial charge in [0.15, 0.2) is 0 Å². The fourth-order valence-corrected chi connectivity index (χ4v) is 1.98. The van der Waals surface area contributed by atoms with Crippen molar-refractivity contribution in [3.05, 3.63) is 68.4 Å². The van der Waals surface area contributed by atoms with Gasteiger partial charge in [0, 0.05) is 12.1 Å². The number of benzene rings is 2. The largest absolute Gasteiger partial charge is 0.488 e. The van der Waals surface area contributed by atoms with Gasteiger partial charge in [0.2, 0.25) is 0 Å². The van der Waals surface area contributed by atoms with Crippen molar-refractivity contribution < 1.29 is 14.1 Å². The molecule has 0 saturated heterocycles. The van der Waals surface area contributed by atoms with Gasteiger partial charge in [-0.2, -0.15) is 0 Å². The van der Waals surface area contributed by atoms with Gasteiger partial charge in [0.1, 0.15) is 18.2 Å². The van der Waals surface area contributed by atoms with E-state index in [4.69, 9.17) is 4.74 Å². The van der Waals surface area contributed by atoms with E-state index in [1.165, 1.54) is 30.3 Å².